The van der Waals surface area contributed by atoms with E-state index >= 15 is 0 Å². The van der Waals surface area contributed by atoms with Gasteiger partial charge in [-0.15, -0.1) is 0 Å². The molecule has 0 aliphatic rings. The van der Waals surface area contributed by atoms with Gasteiger partial charge in [0.05, 0.1) is 6.10 Å². The second-order valence-corrected chi connectivity index (χ2v) is 4.45. The molecule has 2 atom stereocenters. The van der Waals surface area contributed by atoms with Crippen LogP contribution in [0.2, 0.25) is 0 Å². The van der Waals surface area contributed by atoms with Crippen molar-refractivity contribution in [3.05, 3.63) is 29.8 Å². The van der Waals surface area contributed by atoms with Crippen molar-refractivity contribution in [2.75, 3.05) is 13.1 Å². The topological polar surface area (TPSA) is 32.7 Å². The highest BCUT2D eigenvalue weighted by Crippen LogP contribution is 2.19. The zero-order chi connectivity index (χ0) is 13.5. The van der Waals surface area contributed by atoms with E-state index in [0.717, 1.165) is 30.8 Å². The molecule has 0 saturated heterocycles. The van der Waals surface area contributed by atoms with Crippen molar-refractivity contribution >= 4 is 0 Å². The molecule has 0 bridgehead atoms. The molecule has 1 aromatic rings. The Balaban J connectivity index is 2.70. The number of rotatable bonds is 7. The first-order chi connectivity index (χ1) is 8.62. The quantitative estimate of drug-likeness (QED) is 0.755. The van der Waals surface area contributed by atoms with Gasteiger partial charge in [0.1, 0.15) is 5.75 Å². The third kappa shape index (κ3) is 4.00. The van der Waals surface area contributed by atoms with Crippen molar-refractivity contribution in [3.63, 3.8) is 0 Å². The first-order valence-corrected chi connectivity index (χ1v) is 6.81. The standard InChI is InChI=1S/C15H25NO2/c1-5-15(16(6-2)7-3)18-14-10-8-13(9-11-14)12(4)17/h8-12,15,17H,5-7H2,1-4H3. The van der Waals surface area contributed by atoms with Crippen molar-refractivity contribution in [2.45, 2.75) is 46.4 Å². The van der Waals surface area contributed by atoms with E-state index in [4.69, 9.17) is 4.74 Å². The third-order valence-electron chi connectivity index (χ3n) is 3.20. The van der Waals surface area contributed by atoms with Crippen molar-refractivity contribution in [3.8, 4) is 5.75 Å². The van der Waals surface area contributed by atoms with E-state index in [-0.39, 0.29) is 6.23 Å². The molecule has 1 rings (SSSR count). The molecule has 0 spiro atoms. The lowest BCUT2D eigenvalue weighted by molar-refractivity contribution is 0.0298. The number of benzene rings is 1. The predicted molar refractivity (Wildman–Crippen MR) is 74.7 cm³/mol. The fraction of sp³-hybridized carbons (Fsp3) is 0.600. The molecule has 0 aromatic heterocycles. The van der Waals surface area contributed by atoms with Crippen LogP contribution in [0, 0.1) is 0 Å². The van der Waals surface area contributed by atoms with E-state index in [1.54, 1.807) is 6.92 Å². The van der Waals surface area contributed by atoms with Crippen molar-refractivity contribution in [1.82, 2.24) is 4.90 Å². The largest absolute Gasteiger partial charge is 0.475 e. The molecule has 3 nitrogen and oxygen atoms in total. The number of aliphatic hydroxyl groups is 1. The summed E-state index contributed by atoms with van der Waals surface area (Å²) in [5.41, 5.74) is 0.915. The average Bonchev–Trinajstić information content (AvgIpc) is 2.39. The van der Waals surface area contributed by atoms with Crippen LogP contribution in [0.5, 0.6) is 5.75 Å². The Morgan fingerprint density at radius 2 is 1.67 bits per heavy atom. The molecule has 1 N–H and O–H groups in total. The van der Waals surface area contributed by atoms with Crippen LogP contribution in [0.4, 0.5) is 0 Å². The van der Waals surface area contributed by atoms with Crippen LogP contribution < -0.4 is 4.74 Å². The summed E-state index contributed by atoms with van der Waals surface area (Å²) in [5, 5.41) is 9.46. The summed E-state index contributed by atoms with van der Waals surface area (Å²) in [6.07, 6.45) is 0.654. The first kappa shape index (κ1) is 15.0. The minimum absolute atomic E-state index is 0.123. The highest BCUT2D eigenvalue weighted by atomic mass is 16.5. The minimum Gasteiger partial charge on any atom is -0.475 e. The van der Waals surface area contributed by atoms with E-state index in [0.29, 0.717) is 0 Å². The normalized spacial score (nSPS) is 14.6. The molecule has 1 aromatic carbocycles. The van der Waals surface area contributed by atoms with Crippen LogP contribution in [0.3, 0.4) is 0 Å². The number of hydrogen-bond donors (Lipinski definition) is 1. The van der Waals surface area contributed by atoms with E-state index < -0.39 is 6.10 Å². The SMILES string of the molecule is CCC(Oc1ccc(C(C)O)cc1)N(CC)CC. The fourth-order valence-electron chi connectivity index (χ4n) is 2.03. The molecule has 2 unspecified atom stereocenters. The number of nitrogens with zero attached hydrogens (tertiary/aromatic N) is 1. The number of ether oxygens (including phenoxy) is 1. The van der Waals surface area contributed by atoms with Gasteiger partial charge in [0, 0.05) is 0 Å². The summed E-state index contributed by atoms with van der Waals surface area (Å²) in [5.74, 6) is 0.859. The third-order valence-corrected chi connectivity index (χ3v) is 3.20. The zero-order valence-corrected chi connectivity index (χ0v) is 11.9. The molecule has 102 valence electrons. The minimum atomic E-state index is -0.427. The van der Waals surface area contributed by atoms with Crippen molar-refractivity contribution < 1.29 is 9.84 Å². The zero-order valence-electron chi connectivity index (χ0n) is 11.9. The lowest BCUT2D eigenvalue weighted by Crippen LogP contribution is -2.38. The van der Waals surface area contributed by atoms with Crippen LogP contribution in [0.1, 0.15) is 45.8 Å². The Morgan fingerprint density at radius 1 is 1.11 bits per heavy atom. The summed E-state index contributed by atoms with van der Waals surface area (Å²) in [4.78, 5) is 2.29. The molecular formula is C15H25NO2. The van der Waals surface area contributed by atoms with Crippen LogP contribution in [-0.2, 0) is 0 Å². The molecule has 0 aliphatic carbocycles. The summed E-state index contributed by atoms with van der Waals surface area (Å²) in [6.45, 7) is 10.2. The lowest BCUT2D eigenvalue weighted by atomic mass is 10.1. The number of hydrogen-bond acceptors (Lipinski definition) is 3. The van der Waals surface area contributed by atoms with Crippen LogP contribution in [0.25, 0.3) is 0 Å². The van der Waals surface area contributed by atoms with E-state index in [9.17, 15) is 5.11 Å². The Morgan fingerprint density at radius 3 is 2.06 bits per heavy atom. The van der Waals surface area contributed by atoms with Crippen molar-refractivity contribution in [2.24, 2.45) is 0 Å². The maximum Gasteiger partial charge on any atom is 0.152 e. The second kappa shape index (κ2) is 7.39. The highest BCUT2D eigenvalue weighted by Gasteiger charge is 2.15. The van der Waals surface area contributed by atoms with Gasteiger partial charge in [0.15, 0.2) is 6.23 Å². The lowest BCUT2D eigenvalue weighted by Gasteiger charge is -2.29. The van der Waals surface area contributed by atoms with Gasteiger partial charge >= 0.3 is 0 Å². The van der Waals surface area contributed by atoms with E-state index in [2.05, 4.69) is 25.7 Å². The van der Waals surface area contributed by atoms with Gasteiger partial charge in [-0.25, -0.2) is 0 Å². The molecule has 0 fully saturated rings. The van der Waals surface area contributed by atoms with Gasteiger partial charge in [0.2, 0.25) is 0 Å². The molecule has 0 aliphatic heterocycles. The fourth-order valence-corrected chi connectivity index (χ4v) is 2.03. The summed E-state index contributed by atoms with van der Waals surface area (Å²) in [7, 11) is 0. The smallest absolute Gasteiger partial charge is 0.152 e. The van der Waals surface area contributed by atoms with Crippen LogP contribution in [-0.4, -0.2) is 29.3 Å². The highest BCUT2D eigenvalue weighted by molar-refractivity contribution is 5.28. The van der Waals surface area contributed by atoms with Gasteiger partial charge in [0.25, 0.3) is 0 Å². The Hall–Kier alpha value is -1.06. The Labute approximate surface area is 110 Å². The monoisotopic (exact) mass is 251 g/mol. The van der Waals surface area contributed by atoms with E-state index in [1.807, 2.05) is 24.3 Å². The van der Waals surface area contributed by atoms with Crippen LogP contribution >= 0.6 is 0 Å². The summed E-state index contributed by atoms with van der Waals surface area (Å²) in [6, 6.07) is 7.67. The van der Waals surface area contributed by atoms with Gasteiger partial charge in [-0.1, -0.05) is 32.9 Å². The molecule has 0 amide bonds. The molecule has 18 heavy (non-hydrogen) atoms. The Bertz CT molecular complexity index is 331. The van der Waals surface area contributed by atoms with Gasteiger partial charge in [-0.3, -0.25) is 4.90 Å². The predicted octanol–water partition coefficient (Wildman–Crippen LogP) is 3.20. The average molecular weight is 251 g/mol. The van der Waals surface area contributed by atoms with Gasteiger partial charge < -0.3 is 9.84 Å². The van der Waals surface area contributed by atoms with Crippen LogP contribution in [0.15, 0.2) is 24.3 Å². The van der Waals surface area contributed by atoms with Gasteiger partial charge in [-0.2, -0.15) is 0 Å². The Kier molecular flexibility index (Phi) is 6.16. The molecular weight excluding hydrogens is 226 g/mol. The summed E-state index contributed by atoms with van der Waals surface area (Å²) >= 11 is 0. The number of aliphatic hydroxyl groups excluding tert-OH is 1. The maximum atomic E-state index is 9.46. The first-order valence-electron chi connectivity index (χ1n) is 6.81. The maximum absolute atomic E-state index is 9.46. The molecule has 0 heterocycles. The van der Waals surface area contributed by atoms with Crippen molar-refractivity contribution in [1.29, 1.82) is 0 Å². The second-order valence-electron chi connectivity index (χ2n) is 4.45. The van der Waals surface area contributed by atoms with Gasteiger partial charge in [-0.05, 0) is 44.1 Å². The molecule has 0 saturated carbocycles. The van der Waals surface area contributed by atoms with E-state index in [1.165, 1.54) is 0 Å². The molecule has 3 heteroatoms. The molecule has 0 radical (unpaired) electrons. The summed E-state index contributed by atoms with van der Waals surface area (Å²) < 4.78 is 5.99.